The molecule has 0 saturated carbocycles. The van der Waals surface area contributed by atoms with Gasteiger partial charge in [-0.25, -0.2) is 0 Å². The number of rotatable bonds is 7. The molecule has 0 bridgehead atoms. The van der Waals surface area contributed by atoms with Gasteiger partial charge in [-0.2, -0.15) is 0 Å². The number of nitrogens with zero attached hydrogens (tertiary/aromatic N) is 3. The zero-order chi connectivity index (χ0) is 19.0. The van der Waals surface area contributed by atoms with E-state index in [0.717, 1.165) is 51.5 Å². The van der Waals surface area contributed by atoms with Crippen molar-refractivity contribution < 1.29 is 0 Å². The molecule has 1 unspecified atom stereocenters. The summed E-state index contributed by atoms with van der Waals surface area (Å²) in [4.78, 5) is 9.28. The lowest BCUT2D eigenvalue weighted by molar-refractivity contribution is 0.116. The van der Waals surface area contributed by atoms with E-state index < -0.39 is 0 Å². The van der Waals surface area contributed by atoms with Crippen LogP contribution in [0.5, 0.6) is 0 Å². The maximum Gasteiger partial charge on any atom is 0.191 e. The van der Waals surface area contributed by atoms with Gasteiger partial charge in [-0.05, 0) is 32.5 Å². The molecule has 5 heteroatoms. The highest BCUT2D eigenvalue weighted by molar-refractivity contribution is 5.79. The number of benzene rings is 1. The van der Waals surface area contributed by atoms with Gasteiger partial charge >= 0.3 is 0 Å². The maximum absolute atomic E-state index is 4.44. The van der Waals surface area contributed by atoms with Crippen LogP contribution in [0.25, 0.3) is 0 Å². The van der Waals surface area contributed by atoms with Crippen LogP contribution in [-0.4, -0.2) is 75.7 Å². The number of nitrogens with one attached hydrogen (secondary N) is 2. The van der Waals surface area contributed by atoms with Gasteiger partial charge in [0.25, 0.3) is 0 Å². The highest BCUT2D eigenvalue weighted by Gasteiger charge is 2.28. The van der Waals surface area contributed by atoms with E-state index in [-0.39, 0.29) is 5.41 Å². The molecule has 0 amide bonds. The molecular formula is C21H37N5. The second kappa shape index (κ2) is 9.93. The lowest BCUT2D eigenvalue weighted by Gasteiger charge is -2.38. The van der Waals surface area contributed by atoms with Crippen LogP contribution < -0.4 is 10.6 Å². The molecule has 1 aromatic rings. The largest absolute Gasteiger partial charge is 0.356 e. The fraction of sp³-hybridized carbons (Fsp3) is 0.667. The van der Waals surface area contributed by atoms with Crippen molar-refractivity contribution in [2.75, 3.05) is 53.9 Å². The van der Waals surface area contributed by atoms with E-state index >= 15 is 0 Å². The van der Waals surface area contributed by atoms with Crippen LogP contribution in [0.3, 0.4) is 0 Å². The minimum atomic E-state index is 0.140. The first-order valence-corrected chi connectivity index (χ1v) is 9.93. The molecule has 1 aliphatic heterocycles. The second-order valence-corrected chi connectivity index (χ2v) is 7.56. The quantitative estimate of drug-likeness (QED) is 0.578. The van der Waals surface area contributed by atoms with Gasteiger partial charge in [0.1, 0.15) is 0 Å². The van der Waals surface area contributed by atoms with Crippen molar-refractivity contribution in [3.63, 3.8) is 0 Å². The fourth-order valence-electron chi connectivity index (χ4n) is 3.81. The molecule has 5 nitrogen and oxygen atoms in total. The molecular weight excluding hydrogens is 322 g/mol. The van der Waals surface area contributed by atoms with Gasteiger partial charge in [0.05, 0.1) is 0 Å². The second-order valence-electron chi connectivity index (χ2n) is 7.56. The third kappa shape index (κ3) is 5.21. The van der Waals surface area contributed by atoms with Crippen molar-refractivity contribution in [3.05, 3.63) is 35.9 Å². The molecule has 1 fully saturated rings. The summed E-state index contributed by atoms with van der Waals surface area (Å²) >= 11 is 0. The Kier molecular flexibility index (Phi) is 7.91. The van der Waals surface area contributed by atoms with Gasteiger partial charge in [-0.1, -0.05) is 44.2 Å². The van der Waals surface area contributed by atoms with Gasteiger partial charge in [0, 0.05) is 51.2 Å². The summed E-state index contributed by atoms with van der Waals surface area (Å²) in [5.41, 5.74) is 1.54. The molecule has 0 aromatic heterocycles. The van der Waals surface area contributed by atoms with Crippen molar-refractivity contribution in [1.29, 1.82) is 0 Å². The van der Waals surface area contributed by atoms with E-state index in [0.29, 0.717) is 6.04 Å². The summed E-state index contributed by atoms with van der Waals surface area (Å²) in [6, 6.07) is 11.4. The zero-order valence-corrected chi connectivity index (χ0v) is 17.3. The molecule has 146 valence electrons. The fourth-order valence-corrected chi connectivity index (χ4v) is 3.81. The van der Waals surface area contributed by atoms with Gasteiger partial charge in [-0.15, -0.1) is 0 Å². The zero-order valence-electron chi connectivity index (χ0n) is 17.3. The molecule has 1 aliphatic rings. The first-order chi connectivity index (χ1) is 12.5. The number of hydrogen-bond acceptors (Lipinski definition) is 3. The van der Waals surface area contributed by atoms with Gasteiger partial charge in [0.2, 0.25) is 0 Å². The molecule has 2 N–H and O–H groups in total. The first-order valence-electron chi connectivity index (χ1n) is 9.93. The molecule has 1 heterocycles. The number of aliphatic imine (C=N–C) groups is 1. The number of hydrogen-bond donors (Lipinski definition) is 2. The molecule has 1 atom stereocenters. The third-order valence-corrected chi connectivity index (χ3v) is 6.04. The minimum absolute atomic E-state index is 0.140. The molecule has 1 aromatic carbocycles. The normalized spacial score (nSPS) is 20.2. The van der Waals surface area contributed by atoms with E-state index in [4.69, 9.17) is 0 Å². The van der Waals surface area contributed by atoms with Gasteiger partial charge in [-0.3, -0.25) is 9.89 Å². The molecule has 0 aliphatic carbocycles. The molecule has 26 heavy (non-hydrogen) atoms. The van der Waals surface area contributed by atoms with Crippen molar-refractivity contribution in [2.24, 2.45) is 4.99 Å². The van der Waals surface area contributed by atoms with E-state index in [9.17, 15) is 0 Å². The molecule has 0 spiro atoms. The highest BCUT2D eigenvalue weighted by Crippen LogP contribution is 2.30. The topological polar surface area (TPSA) is 42.9 Å². The Morgan fingerprint density at radius 2 is 1.81 bits per heavy atom. The van der Waals surface area contributed by atoms with Crippen LogP contribution in [0.4, 0.5) is 0 Å². The van der Waals surface area contributed by atoms with E-state index in [1.165, 1.54) is 5.56 Å². The van der Waals surface area contributed by atoms with E-state index in [2.05, 4.69) is 83.7 Å². The average molecular weight is 360 g/mol. The van der Waals surface area contributed by atoms with Crippen molar-refractivity contribution in [2.45, 2.75) is 38.1 Å². The predicted octanol–water partition coefficient (Wildman–Crippen LogP) is 2.16. The van der Waals surface area contributed by atoms with Gasteiger partial charge < -0.3 is 15.5 Å². The summed E-state index contributed by atoms with van der Waals surface area (Å²) in [5.74, 6) is 0.897. The maximum atomic E-state index is 4.44. The van der Waals surface area contributed by atoms with Crippen LogP contribution in [0.15, 0.2) is 35.3 Å². The Bertz CT molecular complexity index is 553. The van der Waals surface area contributed by atoms with Crippen LogP contribution in [0.1, 0.15) is 32.3 Å². The number of piperazine rings is 1. The van der Waals surface area contributed by atoms with E-state index in [1.807, 2.05) is 7.05 Å². The van der Waals surface area contributed by atoms with E-state index in [1.54, 1.807) is 0 Å². The lowest BCUT2D eigenvalue weighted by Crippen LogP contribution is -2.56. The summed E-state index contributed by atoms with van der Waals surface area (Å²) in [5, 5.41) is 7.12. The van der Waals surface area contributed by atoms with Crippen molar-refractivity contribution in [3.8, 4) is 0 Å². The predicted molar refractivity (Wildman–Crippen MR) is 112 cm³/mol. The molecule has 1 saturated heterocycles. The van der Waals surface area contributed by atoms with Gasteiger partial charge in [0.15, 0.2) is 5.96 Å². The SMILES string of the molecule is CCC(CC)(CNC(=NC)NCC1CN(C)CCN1C)c1ccccc1. The Morgan fingerprint density at radius 1 is 1.12 bits per heavy atom. The standard InChI is InChI=1S/C21H37N5/c1-6-21(7-2,18-11-9-8-10-12-18)17-24-20(22-3)23-15-19-16-25(4)13-14-26(19)5/h8-12,19H,6-7,13-17H2,1-5H3,(H2,22,23,24). The van der Waals surface area contributed by atoms with Crippen LogP contribution >= 0.6 is 0 Å². The van der Waals surface area contributed by atoms with Crippen molar-refractivity contribution in [1.82, 2.24) is 20.4 Å². The highest BCUT2D eigenvalue weighted by atomic mass is 15.3. The van der Waals surface area contributed by atoms with Crippen LogP contribution in [-0.2, 0) is 5.41 Å². The Morgan fingerprint density at radius 3 is 2.42 bits per heavy atom. The lowest BCUT2D eigenvalue weighted by atomic mass is 9.76. The summed E-state index contributed by atoms with van der Waals surface area (Å²) < 4.78 is 0. The van der Waals surface area contributed by atoms with Crippen LogP contribution in [0, 0.1) is 0 Å². The molecule has 0 radical (unpaired) electrons. The van der Waals surface area contributed by atoms with Crippen LogP contribution in [0.2, 0.25) is 0 Å². The summed E-state index contributed by atoms with van der Waals surface area (Å²) in [6.45, 7) is 9.73. The third-order valence-electron chi connectivity index (χ3n) is 6.04. The smallest absolute Gasteiger partial charge is 0.191 e. The molecule has 2 rings (SSSR count). The Hall–Kier alpha value is -1.59. The number of guanidine groups is 1. The summed E-state index contributed by atoms with van der Waals surface area (Å²) in [7, 11) is 6.27. The minimum Gasteiger partial charge on any atom is -0.356 e. The van der Waals surface area contributed by atoms with Crippen molar-refractivity contribution >= 4 is 5.96 Å². The average Bonchev–Trinajstić information content (AvgIpc) is 2.68. The number of likely N-dealkylation sites (N-methyl/N-ethyl adjacent to an activating group) is 2. The monoisotopic (exact) mass is 359 g/mol. The Balaban J connectivity index is 1.94. The summed E-state index contributed by atoms with van der Waals surface area (Å²) in [6.07, 6.45) is 2.21. The Labute approximate surface area is 159 Å². The first kappa shape index (κ1) is 20.7.